The maximum absolute atomic E-state index is 11.1. The van der Waals surface area contributed by atoms with Crippen molar-refractivity contribution in [2.75, 3.05) is 0 Å². The van der Waals surface area contributed by atoms with Crippen LogP contribution in [0.3, 0.4) is 0 Å². The molecule has 0 saturated heterocycles. The third kappa shape index (κ3) is 2.49. The molecule has 0 saturated carbocycles. The molecule has 0 unspecified atom stereocenters. The summed E-state index contributed by atoms with van der Waals surface area (Å²) in [6.07, 6.45) is 8.13. The van der Waals surface area contributed by atoms with Gasteiger partial charge in [0.05, 0.1) is 0 Å². The number of terminal acetylenes is 1. The van der Waals surface area contributed by atoms with E-state index in [2.05, 4.69) is 5.92 Å². The van der Waals surface area contributed by atoms with Gasteiger partial charge in [-0.25, -0.2) is 0 Å². The molecule has 1 aromatic rings. The van der Waals surface area contributed by atoms with Crippen LogP contribution in [-0.2, 0) is 0 Å². The highest BCUT2D eigenvalue weighted by atomic mass is 16.3. The molecular weight excluding hydrogens is 164 g/mol. The molecule has 0 atom stereocenters. The van der Waals surface area contributed by atoms with Crippen molar-refractivity contribution in [2.24, 2.45) is 0 Å². The van der Waals surface area contributed by atoms with Gasteiger partial charge in [0, 0.05) is 0 Å². The van der Waals surface area contributed by atoms with Gasteiger partial charge in [-0.2, -0.15) is 0 Å². The molecule has 0 amide bonds. The van der Waals surface area contributed by atoms with Crippen LogP contribution in [0.15, 0.2) is 35.1 Å². The minimum absolute atomic E-state index is 0.264. The highest BCUT2D eigenvalue weighted by Crippen LogP contribution is 2.02. The zero-order valence-electron chi connectivity index (χ0n) is 6.90. The van der Waals surface area contributed by atoms with Crippen molar-refractivity contribution in [1.82, 2.24) is 0 Å². The van der Waals surface area contributed by atoms with Crippen molar-refractivity contribution in [3.05, 3.63) is 46.1 Å². The average Bonchev–Trinajstić information content (AvgIpc) is 2.26. The van der Waals surface area contributed by atoms with E-state index in [1.165, 1.54) is 18.2 Å². The molecule has 0 heterocycles. The maximum atomic E-state index is 11.1. The number of hydrogen-bond acceptors (Lipinski definition) is 2. The van der Waals surface area contributed by atoms with Gasteiger partial charge in [0.15, 0.2) is 5.75 Å². The number of aromatic hydroxyl groups is 1. The van der Waals surface area contributed by atoms with Gasteiger partial charge in [-0.05, 0) is 29.8 Å². The molecule has 0 bridgehead atoms. The first-order valence-corrected chi connectivity index (χ1v) is 3.70. The van der Waals surface area contributed by atoms with E-state index >= 15 is 0 Å². The summed E-state index contributed by atoms with van der Waals surface area (Å²) in [6.45, 7) is 0. The monoisotopic (exact) mass is 172 g/mol. The van der Waals surface area contributed by atoms with Crippen LogP contribution in [0.25, 0.3) is 6.08 Å². The zero-order valence-corrected chi connectivity index (χ0v) is 6.90. The number of allylic oxidation sites excluding steroid dienone is 1. The molecule has 0 fully saturated rings. The molecule has 1 aromatic carbocycles. The van der Waals surface area contributed by atoms with E-state index in [9.17, 15) is 4.79 Å². The van der Waals surface area contributed by atoms with Crippen molar-refractivity contribution in [1.29, 1.82) is 0 Å². The summed E-state index contributed by atoms with van der Waals surface area (Å²) >= 11 is 0. The van der Waals surface area contributed by atoms with Gasteiger partial charge in [-0.1, -0.05) is 18.1 Å². The van der Waals surface area contributed by atoms with E-state index in [1.807, 2.05) is 0 Å². The van der Waals surface area contributed by atoms with Crippen LogP contribution < -0.4 is 5.43 Å². The summed E-state index contributed by atoms with van der Waals surface area (Å²) in [7, 11) is 0. The van der Waals surface area contributed by atoms with Gasteiger partial charge < -0.3 is 5.11 Å². The molecule has 0 radical (unpaired) electrons. The van der Waals surface area contributed by atoms with Crippen molar-refractivity contribution < 1.29 is 5.11 Å². The van der Waals surface area contributed by atoms with Crippen molar-refractivity contribution in [3.8, 4) is 18.1 Å². The third-order valence-electron chi connectivity index (χ3n) is 1.46. The number of rotatable bonds is 1. The Balaban J connectivity index is 3.23. The Kier molecular flexibility index (Phi) is 2.88. The van der Waals surface area contributed by atoms with Crippen LogP contribution in [0, 0.1) is 12.3 Å². The molecule has 0 aromatic heterocycles. The Morgan fingerprint density at radius 1 is 1.46 bits per heavy atom. The molecule has 1 rings (SSSR count). The Hall–Kier alpha value is -2.01. The second-order valence-corrected chi connectivity index (χ2v) is 2.42. The van der Waals surface area contributed by atoms with Crippen LogP contribution in [0.2, 0.25) is 0 Å². The SMILES string of the molecule is C#C/C=C/c1cccc(O)c(=O)c1. The molecule has 0 aliphatic heterocycles. The quantitative estimate of drug-likeness (QED) is 0.650. The van der Waals surface area contributed by atoms with Crippen LogP contribution in [-0.4, -0.2) is 5.11 Å². The normalized spacial score (nSPS) is 9.77. The smallest absolute Gasteiger partial charge is 0.220 e. The zero-order chi connectivity index (χ0) is 9.68. The van der Waals surface area contributed by atoms with E-state index in [4.69, 9.17) is 11.5 Å². The van der Waals surface area contributed by atoms with Gasteiger partial charge in [0.1, 0.15) is 0 Å². The van der Waals surface area contributed by atoms with Gasteiger partial charge in [0.25, 0.3) is 0 Å². The highest BCUT2D eigenvalue weighted by molar-refractivity contribution is 5.52. The molecule has 0 aliphatic rings. The largest absolute Gasteiger partial charge is 0.504 e. The lowest BCUT2D eigenvalue weighted by atomic mass is 10.2. The Morgan fingerprint density at radius 2 is 2.23 bits per heavy atom. The van der Waals surface area contributed by atoms with E-state index in [1.54, 1.807) is 18.2 Å². The Morgan fingerprint density at radius 3 is 2.92 bits per heavy atom. The number of hydrogen-bond donors (Lipinski definition) is 1. The summed E-state index contributed by atoms with van der Waals surface area (Å²) in [4.78, 5) is 11.1. The predicted octanol–water partition coefficient (Wildman–Crippen LogP) is 1.40. The second kappa shape index (κ2) is 4.13. The first-order valence-electron chi connectivity index (χ1n) is 3.70. The Labute approximate surface area is 76.2 Å². The molecule has 0 aliphatic carbocycles. The third-order valence-corrected chi connectivity index (χ3v) is 1.46. The van der Waals surface area contributed by atoms with Gasteiger partial charge in [-0.15, -0.1) is 6.42 Å². The van der Waals surface area contributed by atoms with Crippen molar-refractivity contribution >= 4 is 6.08 Å². The first kappa shape index (κ1) is 9.08. The van der Waals surface area contributed by atoms with E-state index in [-0.39, 0.29) is 5.75 Å². The summed E-state index contributed by atoms with van der Waals surface area (Å²) in [5.74, 6) is 2.05. The van der Waals surface area contributed by atoms with Crippen molar-refractivity contribution in [3.63, 3.8) is 0 Å². The Bertz CT molecular complexity index is 425. The van der Waals surface area contributed by atoms with Crippen LogP contribution in [0.5, 0.6) is 5.75 Å². The predicted molar refractivity (Wildman–Crippen MR) is 52.2 cm³/mol. The van der Waals surface area contributed by atoms with E-state index < -0.39 is 5.43 Å². The molecule has 13 heavy (non-hydrogen) atoms. The lowest BCUT2D eigenvalue weighted by molar-refractivity contribution is 0.471. The van der Waals surface area contributed by atoms with Crippen LogP contribution in [0.4, 0.5) is 0 Å². The van der Waals surface area contributed by atoms with Gasteiger partial charge in [-0.3, -0.25) is 4.79 Å². The minimum Gasteiger partial charge on any atom is -0.504 e. The van der Waals surface area contributed by atoms with Crippen LogP contribution in [0.1, 0.15) is 5.56 Å². The summed E-state index contributed by atoms with van der Waals surface area (Å²) in [5.41, 5.74) is 0.255. The van der Waals surface area contributed by atoms with Crippen molar-refractivity contribution in [2.45, 2.75) is 0 Å². The van der Waals surface area contributed by atoms with E-state index in [0.29, 0.717) is 5.56 Å². The average molecular weight is 172 g/mol. The molecule has 64 valence electrons. The van der Waals surface area contributed by atoms with Gasteiger partial charge in [0.2, 0.25) is 5.43 Å². The molecular formula is C11H8O2. The fraction of sp³-hybridized carbons (Fsp3) is 0. The molecule has 2 nitrogen and oxygen atoms in total. The molecule has 2 heteroatoms. The second-order valence-electron chi connectivity index (χ2n) is 2.42. The standard InChI is InChI=1S/C11H8O2/c1-2-3-5-9-6-4-7-10(12)11(13)8-9/h1,3-8H,(H,12,13)/b5-3+. The maximum Gasteiger partial charge on any atom is 0.220 e. The lowest BCUT2D eigenvalue weighted by Crippen LogP contribution is -1.93. The highest BCUT2D eigenvalue weighted by Gasteiger charge is 1.92. The van der Waals surface area contributed by atoms with E-state index in [0.717, 1.165) is 0 Å². The summed E-state index contributed by atoms with van der Waals surface area (Å²) in [6, 6.07) is 5.95. The molecule has 0 spiro atoms. The first-order chi connectivity index (χ1) is 6.24. The fourth-order valence-corrected chi connectivity index (χ4v) is 0.854. The topological polar surface area (TPSA) is 37.3 Å². The summed E-state index contributed by atoms with van der Waals surface area (Å²) in [5, 5.41) is 9.05. The fourth-order valence-electron chi connectivity index (χ4n) is 0.854. The minimum atomic E-state index is -0.415. The van der Waals surface area contributed by atoms with Crippen LogP contribution >= 0.6 is 0 Å². The lowest BCUT2D eigenvalue weighted by Gasteiger charge is -1.81. The summed E-state index contributed by atoms with van der Waals surface area (Å²) < 4.78 is 0. The van der Waals surface area contributed by atoms with Gasteiger partial charge >= 0.3 is 0 Å². The molecule has 1 N–H and O–H groups in total.